The third kappa shape index (κ3) is 3.21. The molecule has 0 bridgehead atoms. The number of rotatable bonds is 3. The molecule has 0 aromatic heterocycles. The molecule has 0 spiro atoms. The molecule has 22 heavy (non-hydrogen) atoms. The number of phenolic OH excluding ortho intramolecular Hbond substituents is 1. The number of amides is 1. The summed E-state index contributed by atoms with van der Waals surface area (Å²) in [6.07, 6.45) is 0.110. The number of aromatic hydroxyl groups is 1. The van der Waals surface area contributed by atoms with Gasteiger partial charge in [0.05, 0.1) is 6.42 Å². The molecule has 3 aromatic carbocycles. The van der Waals surface area contributed by atoms with E-state index in [9.17, 15) is 9.90 Å². The largest absolute Gasteiger partial charge is 0.508 e. The smallest absolute Gasteiger partial charge is 0.228 e. The van der Waals surface area contributed by atoms with Gasteiger partial charge in [0, 0.05) is 16.3 Å². The highest BCUT2D eigenvalue weighted by atomic mass is 35.5. The van der Waals surface area contributed by atoms with Gasteiger partial charge in [-0.1, -0.05) is 35.9 Å². The maximum atomic E-state index is 12.1. The van der Waals surface area contributed by atoms with Gasteiger partial charge in [0.2, 0.25) is 5.91 Å². The van der Waals surface area contributed by atoms with Crippen molar-refractivity contribution < 1.29 is 9.90 Å². The minimum Gasteiger partial charge on any atom is -0.508 e. The first-order valence-electron chi connectivity index (χ1n) is 6.88. The minimum absolute atomic E-state index is 0.110. The summed E-state index contributed by atoms with van der Waals surface area (Å²) in [5.74, 6) is -0.0575. The highest BCUT2D eigenvalue weighted by Gasteiger charge is 2.09. The lowest BCUT2D eigenvalue weighted by Crippen LogP contribution is -2.14. The van der Waals surface area contributed by atoms with Crippen LogP contribution >= 0.6 is 11.6 Å². The molecule has 0 heterocycles. The van der Waals surface area contributed by atoms with Crippen molar-refractivity contribution in [2.24, 2.45) is 0 Å². The van der Waals surface area contributed by atoms with Crippen molar-refractivity contribution >= 4 is 34.0 Å². The maximum Gasteiger partial charge on any atom is 0.228 e. The second-order valence-corrected chi connectivity index (χ2v) is 5.50. The number of nitrogens with one attached hydrogen (secondary N) is 1. The standard InChI is InChI=1S/C18H14ClNO2/c19-15-5-7-16(8-6-15)20-18(22)11-14-9-12-3-1-2-4-13(12)10-17(14)21/h1-10,21H,11H2,(H,20,22). The van der Waals surface area contributed by atoms with Crippen LogP contribution in [0.25, 0.3) is 10.8 Å². The van der Waals surface area contributed by atoms with E-state index in [0.29, 0.717) is 16.3 Å². The Labute approximate surface area is 133 Å². The van der Waals surface area contributed by atoms with Gasteiger partial charge in [0.25, 0.3) is 0 Å². The maximum absolute atomic E-state index is 12.1. The summed E-state index contributed by atoms with van der Waals surface area (Å²) in [7, 11) is 0. The molecule has 0 atom stereocenters. The van der Waals surface area contributed by atoms with E-state index in [4.69, 9.17) is 11.6 Å². The monoisotopic (exact) mass is 311 g/mol. The van der Waals surface area contributed by atoms with Crippen molar-refractivity contribution in [1.29, 1.82) is 0 Å². The summed E-state index contributed by atoms with van der Waals surface area (Å²) in [4.78, 5) is 12.1. The van der Waals surface area contributed by atoms with Crippen LogP contribution in [0.1, 0.15) is 5.56 Å². The van der Waals surface area contributed by atoms with Gasteiger partial charge in [-0.25, -0.2) is 0 Å². The number of hydrogen-bond acceptors (Lipinski definition) is 2. The molecule has 0 radical (unpaired) electrons. The number of halogens is 1. The van der Waals surface area contributed by atoms with E-state index in [0.717, 1.165) is 10.8 Å². The molecule has 2 N–H and O–H groups in total. The molecule has 0 saturated carbocycles. The lowest BCUT2D eigenvalue weighted by molar-refractivity contribution is -0.115. The lowest BCUT2D eigenvalue weighted by atomic mass is 10.0. The van der Waals surface area contributed by atoms with Crippen molar-refractivity contribution in [1.82, 2.24) is 0 Å². The van der Waals surface area contributed by atoms with Gasteiger partial charge < -0.3 is 10.4 Å². The van der Waals surface area contributed by atoms with E-state index in [2.05, 4.69) is 5.32 Å². The average Bonchev–Trinajstić information content (AvgIpc) is 2.50. The Bertz CT molecular complexity index is 828. The van der Waals surface area contributed by atoms with E-state index in [1.54, 1.807) is 30.3 Å². The Morgan fingerprint density at radius 3 is 2.32 bits per heavy atom. The molecule has 4 heteroatoms. The normalized spacial score (nSPS) is 10.6. The van der Waals surface area contributed by atoms with Crippen LogP contribution in [0.5, 0.6) is 5.75 Å². The minimum atomic E-state index is -0.187. The molecule has 0 aliphatic carbocycles. The molecule has 0 fully saturated rings. The predicted molar refractivity (Wildman–Crippen MR) is 89.4 cm³/mol. The molecule has 3 aromatic rings. The van der Waals surface area contributed by atoms with Crippen molar-refractivity contribution in [2.45, 2.75) is 6.42 Å². The topological polar surface area (TPSA) is 49.3 Å². The molecule has 0 unspecified atom stereocenters. The number of anilines is 1. The molecular formula is C18H14ClNO2. The summed E-state index contributed by atoms with van der Waals surface area (Å²) in [5, 5.41) is 15.4. The Morgan fingerprint density at radius 1 is 1.00 bits per heavy atom. The molecule has 0 aliphatic rings. The third-order valence-electron chi connectivity index (χ3n) is 3.43. The molecule has 0 aliphatic heterocycles. The Balaban J connectivity index is 1.78. The summed E-state index contributed by atoms with van der Waals surface area (Å²) in [5.41, 5.74) is 1.28. The van der Waals surface area contributed by atoms with Gasteiger partial charge in [0.15, 0.2) is 0 Å². The fourth-order valence-corrected chi connectivity index (χ4v) is 2.45. The van der Waals surface area contributed by atoms with E-state index >= 15 is 0 Å². The number of carbonyl (C=O) groups is 1. The van der Waals surface area contributed by atoms with Crippen molar-refractivity contribution in [2.75, 3.05) is 5.32 Å². The van der Waals surface area contributed by atoms with Crippen LogP contribution in [0.2, 0.25) is 5.02 Å². The zero-order chi connectivity index (χ0) is 15.5. The molecule has 0 saturated heterocycles. The molecular weight excluding hydrogens is 298 g/mol. The van der Waals surface area contributed by atoms with Crippen molar-refractivity contribution in [3.05, 3.63) is 71.2 Å². The van der Waals surface area contributed by atoms with E-state index < -0.39 is 0 Å². The first-order chi connectivity index (χ1) is 10.6. The first-order valence-corrected chi connectivity index (χ1v) is 7.26. The average molecular weight is 312 g/mol. The van der Waals surface area contributed by atoms with Crippen LogP contribution in [-0.2, 0) is 11.2 Å². The fourth-order valence-electron chi connectivity index (χ4n) is 2.33. The van der Waals surface area contributed by atoms with Crippen LogP contribution in [0.3, 0.4) is 0 Å². The van der Waals surface area contributed by atoms with Crippen LogP contribution in [0, 0.1) is 0 Å². The van der Waals surface area contributed by atoms with Gasteiger partial charge in [-0.05, 0) is 47.2 Å². The zero-order valence-electron chi connectivity index (χ0n) is 11.7. The highest BCUT2D eigenvalue weighted by Crippen LogP contribution is 2.25. The number of carbonyl (C=O) groups excluding carboxylic acids is 1. The number of fused-ring (bicyclic) bond motifs is 1. The second-order valence-electron chi connectivity index (χ2n) is 5.06. The Hall–Kier alpha value is -2.52. The van der Waals surface area contributed by atoms with Crippen LogP contribution < -0.4 is 5.32 Å². The van der Waals surface area contributed by atoms with Crippen LogP contribution in [0.15, 0.2) is 60.7 Å². The van der Waals surface area contributed by atoms with Gasteiger partial charge >= 0.3 is 0 Å². The van der Waals surface area contributed by atoms with E-state index in [-0.39, 0.29) is 18.1 Å². The molecule has 110 valence electrons. The third-order valence-corrected chi connectivity index (χ3v) is 3.68. The summed E-state index contributed by atoms with van der Waals surface area (Å²) < 4.78 is 0. The van der Waals surface area contributed by atoms with Crippen molar-refractivity contribution in [3.8, 4) is 5.75 Å². The Kier molecular flexibility index (Phi) is 3.98. The molecule has 1 amide bonds. The number of hydrogen-bond donors (Lipinski definition) is 2. The quantitative estimate of drug-likeness (QED) is 0.754. The van der Waals surface area contributed by atoms with Gasteiger partial charge in [-0.3, -0.25) is 4.79 Å². The second kappa shape index (κ2) is 6.08. The van der Waals surface area contributed by atoms with Gasteiger partial charge in [-0.15, -0.1) is 0 Å². The molecule has 3 nitrogen and oxygen atoms in total. The number of benzene rings is 3. The lowest BCUT2D eigenvalue weighted by Gasteiger charge is -2.08. The molecule has 3 rings (SSSR count). The van der Waals surface area contributed by atoms with Crippen molar-refractivity contribution in [3.63, 3.8) is 0 Å². The Morgan fingerprint density at radius 2 is 1.64 bits per heavy atom. The van der Waals surface area contributed by atoms with Crippen LogP contribution in [0.4, 0.5) is 5.69 Å². The zero-order valence-corrected chi connectivity index (χ0v) is 12.5. The first kappa shape index (κ1) is 14.4. The SMILES string of the molecule is O=C(Cc1cc2ccccc2cc1O)Nc1ccc(Cl)cc1. The summed E-state index contributed by atoms with van der Waals surface area (Å²) >= 11 is 5.81. The summed E-state index contributed by atoms with van der Waals surface area (Å²) in [6, 6.07) is 18.1. The highest BCUT2D eigenvalue weighted by molar-refractivity contribution is 6.30. The van der Waals surface area contributed by atoms with E-state index in [1.165, 1.54) is 0 Å². The number of phenols is 1. The van der Waals surface area contributed by atoms with Crippen LogP contribution in [-0.4, -0.2) is 11.0 Å². The fraction of sp³-hybridized carbons (Fsp3) is 0.0556. The predicted octanol–water partition coefficient (Wildman–Crippen LogP) is 4.38. The van der Waals surface area contributed by atoms with Gasteiger partial charge in [-0.2, -0.15) is 0 Å². The summed E-state index contributed by atoms with van der Waals surface area (Å²) in [6.45, 7) is 0. The van der Waals surface area contributed by atoms with E-state index in [1.807, 2.05) is 30.3 Å². The van der Waals surface area contributed by atoms with Gasteiger partial charge in [0.1, 0.15) is 5.75 Å².